The number of nitrogens with zero attached hydrogens (tertiary/aromatic N) is 3. The number of aromatic nitrogens is 3. The van der Waals surface area contributed by atoms with Crippen molar-refractivity contribution < 1.29 is 9.90 Å². The van der Waals surface area contributed by atoms with E-state index in [-0.39, 0.29) is 5.75 Å². The van der Waals surface area contributed by atoms with Crippen molar-refractivity contribution in [2.45, 2.75) is 25.4 Å². The molecule has 0 aliphatic heterocycles. The van der Waals surface area contributed by atoms with Crippen LogP contribution in [-0.4, -0.2) is 31.6 Å². The summed E-state index contributed by atoms with van der Waals surface area (Å²) in [5.74, 6) is -0.0965. The minimum absolute atomic E-state index is 0.0364. The van der Waals surface area contributed by atoms with Crippen LogP contribution in [0.2, 0.25) is 0 Å². The van der Waals surface area contributed by atoms with E-state index in [0.717, 1.165) is 28.0 Å². The van der Waals surface area contributed by atoms with Gasteiger partial charge in [0.15, 0.2) is 5.16 Å². The van der Waals surface area contributed by atoms with Crippen LogP contribution in [0.3, 0.4) is 0 Å². The van der Waals surface area contributed by atoms with Gasteiger partial charge in [0.2, 0.25) is 0 Å². The molecule has 5 nitrogen and oxygen atoms in total. The lowest BCUT2D eigenvalue weighted by Gasteiger charge is -2.11. The first-order valence-electron chi connectivity index (χ1n) is 6.08. The zero-order chi connectivity index (χ0) is 14.7. The molecule has 0 aliphatic rings. The second kappa shape index (κ2) is 6.41. The fourth-order valence-corrected chi connectivity index (χ4v) is 2.89. The molecule has 0 amide bonds. The van der Waals surface area contributed by atoms with Crippen LogP contribution in [0, 0.1) is 6.92 Å². The zero-order valence-electron chi connectivity index (χ0n) is 11.1. The Hall–Kier alpha value is -1.34. The highest BCUT2D eigenvalue weighted by Gasteiger charge is 2.16. The lowest BCUT2D eigenvalue weighted by Crippen LogP contribution is -2.05. The summed E-state index contributed by atoms with van der Waals surface area (Å²) in [6, 6.07) is 6.00. The number of hydrogen-bond acceptors (Lipinski definition) is 4. The molecule has 0 saturated carbocycles. The van der Waals surface area contributed by atoms with Gasteiger partial charge in [0.1, 0.15) is 5.82 Å². The normalized spacial score (nSPS) is 10.8. The molecule has 2 rings (SSSR count). The standard InChI is InChI=1S/C13H14BrN3O2S/c1-3-11-15-16-13(20-7-12(18)19)17(11)10-6-8(2)4-5-9(10)14/h4-6H,3,7H2,1-2H3,(H,18,19). The molecule has 1 heterocycles. The van der Waals surface area contributed by atoms with Crippen molar-refractivity contribution in [3.05, 3.63) is 34.1 Å². The van der Waals surface area contributed by atoms with Gasteiger partial charge in [-0.15, -0.1) is 10.2 Å². The van der Waals surface area contributed by atoms with Crippen LogP contribution in [0.4, 0.5) is 0 Å². The highest BCUT2D eigenvalue weighted by molar-refractivity contribution is 9.10. The van der Waals surface area contributed by atoms with Crippen molar-refractivity contribution >= 4 is 33.7 Å². The molecular formula is C13H14BrN3O2S. The molecule has 1 aromatic heterocycles. The van der Waals surface area contributed by atoms with Gasteiger partial charge in [-0.2, -0.15) is 0 Å². The van der Waals surface area contributed by atoms with E-state index in [9.17, 15) is 4.79 Å². The molecule has 1 aromatic carbocycles. The summed E-state index contributed by atoms with van der Waals surface area (Å²) < 4.78 is 2.83. The molecule has 1 N–H and O–H groups in total. The van der Waals surface area contributed by atoms with Gasteiger partial charge < -0.3 is 5.11 Å². The Morgan fingerprint density at radius 2 is 2.20 bits per heavy atom. The van der Waals surface area contributed by atoms with Crippen LogP contribution in [0.5, 0.6) is 0 Å². The third-order valence-electron chi connectivity index (χ3n) is 2.68. The fourth-order valence-electron chi connectivity index (χ4n) is 1.79. The summed E-state index contributed by atoms with van der Waals surface area (Å²) in [5, 5.41) is 17.6. The summed E-state index contributed by atoms with van der Waals surface area (Å²) in [6.07, 6.45) is 0.723. The second-order valence-corrected chi connectivity index (χ2v) is 6.02. The summed E-state index contributed by atoms with van der Waals surface area (Å²) in [7, 11) is 0. The van der Waals surface area contributed by atoms with Gasteiger partial charge in [-0.3, -0.25) is 9.36 Å². The van der Waals surface area contributed by atoms with E-state index in [2.05, 4.69) is 26.1 Å². The summed E-state index contributed by atoms with van der Waals surface area (Å²) in [6.45, 7) is 4.01. The van der Waals surface area contributed by atoms with Crippen LogP contribution >= 0.6 is 27.7 Å². The lowest BCUT2D eigenvalue weighted by molar-refractivity contribution is -0.133. The van der Waals surface area contributed by atoms with Gasteiger partial charge in [0.25, 0.3) is 0 Å². The molecule has 0 bridgehead atoms. The Morgan fingerprint density at radius 3 is 2.85 bits per heavy atom. The van der Waals surface area contributed by atoms with Gasteiger partial charge in [-0.25, -0.2) is 0 Å². The number of rotatable bonds is 5. The summed E-state index contributed by atoms with van der Waals surface area (Å²) >= 11 is 4.70. The van der Waals surface area contributed by atoms with Gasteiger partial charge in [-0.05, 0) is 40.5 Å². The Kier molecular flexibility index (Phi) is 4.82. The number of benzene rings is 1. The SMILES string of the molecule is CCc1nnc(SCC(=O)O)n1-c1cc(C)ccc1Br. The van der Waals surface area contributed by atoms with E-state index < -0.39 is 5.97 Å². The first-order valence-corrected chi connectivity index (χ1v) is 7.86. The Labute approximate surface area is 129 Å². The first-order chi connectivity index (χ1) is 9.52. The maximum absolute atomic E-state index is 10.7. The van der Waals surface area contributed by atoms with Crippen molar-refractivity contribution in [3.8, 4) is 5.69 Å². The molecule has 0 atom stereocenters. The van der Waals surface area contributed by atoms with E-state index in [1.807, 2.05) is 36.6 Å². The molecular weight excluding hydrogens is 342 g/mol. The molecule has 0 saturated heterocycles. The fraction of sp³-hybridized carbons (Fsp3) is 0.308. The highest BCUT2D eigenvalue weighted by Crippen LogP contribution is 2.28. The maximum atomic E-state index is 10.7. The zero-order valence-corrected chi connectivity index (χ0v) is 13.5. The summed E-state index contributed by atoms with van der Waals surface area (Å²) in [5.41, 5.74) is 2.05. The highest BCUT2D eigenvalue weighted by atomic mass is 79.9. The van der Waals surface area contributed by atoms with E-state index in [1.54, 1.807) is 0 Å². The van der Waals surface area contributed by atoms with Crippen molar-refractivity contribution in [2.75, 3.05) is 5.75 Å². The molecule has 0 fully saturated rings. The largest absolute Gasteiger partial charge is 0.481 e. The number of aliphatic carboxylic acids is 1. The molecule has 0 unspecified atom stereocenters. The van der Waals surface area contributed by atoms with E-state index in [1.165, 1.54) is 11.8 Å². The van der Waals surface area contributed by atoms with E-state index >= 15 is 0 Å². The third-order valence-corrected chi connectivity index (χ3v) is 4.27. The average molecular weight is 356 g/mol. The number of hydrogen-bond donors (Lipinski definition) is 1. The Bertz CT molecular complexity index is 643. The molecule has 106 valence electrons. The van der Waals surface area contributed by atoms with Gasteiger partial charge >= 0.3 is 5.97 Å². The van der Waals surface area contributed by atoms with E-state index in [4.69, 9.17) is 5.11 Å². The second-order valence-electron chi connectivity index (χ2n) is 4.23. The van der Waals surface area contributed by atoms with Crippen molar-refractivity contribution in [1.82, 2.24) is 14.8 Å². The quantitative estimate of drug-likeness (QED) is 0.834. The first kappa shape index (κ1) is 15.1. The molecule has 0 radical (unpaired) electrons. The number of carboxylic acid groups (broad SMARTS) is 1. The van der Waals surface area contributed by atoms with Gasteiger partial charge in [0, 0.05) is 10.9 Å². The van der Waals surface area contributed by atoms with E-state index in [0.29, 0.717) is 5.16 Å². The topological polar surface area (TPSA) is 68.0 Å². The number of carbonyl (C=O) groups is 1. The molecule has 0 aliphatic carbocycles. The predicted molar refractivity (Wildman–Crippen MR) is 81.5 cm³/mol. The molecule has 2 aromatic rings. The molecule has 20 heavy (non-hydrogen) atoms. The number of aryl methyl sites for hydroxylation is 2. The monoisotopic (exact) mass is 355 g/mol. The Balaban J connectivity index is 2.50. The van der Waals surface area contributed by atoms with Crippen molar-refractivity contribution in [3.63, 3.8) is 0 Å². The van der Waals surface area contributed by atoms with Crippen molar-refractivity contribution in [1.29, 1.82) is 0 Å². The lowest BCUT2D eigenvalue weighted by atomic mass is 10.2. The third kappa shape index (κ3) is 3.21. The van der Waals surface area contributed by atoms with Crippen molar-refractivity contribution in [2.24, 2.45) is 0 Å². The average Bonchev–Trinajstić information content (AvgIpc) is 2.82. The Morgan fingerprint density at radius 1 is 1.45 bits per heavy atom. The van der Waals surface area contributed by atoms with Gasteiger partial charge in [0.05, 0.1) is 11.4 Å². The minimum Gasteiger partial charge on any atom is -0.481 e. The van der Waals surface area contributed by atoms with Gasteiger partial charge in [-0.1, -0.05) is 24.8 Å². The number of halogens is 1. The van der Waals surface area contributed by atoms with Crippen LogP contribution in [-0.2, 0) is 11.2 Å². The van der Waals surface area contributed by atoms with Crippen LogP contribution in [0.25, 0.3) is 5.69 Å². The molecule has 0 spiro atoms. The van der Waals surface area contributed by atoms with Crippen LogP contribution in [0.15, 0.2) is 27.8 Å². The smallest absolute Gasteiger partial charge is 0.313 e. The van der Waals surface area contributed by atoms with Crippen LogP contribution < -0.4 is 0 Å². The number of thioether (sulfide) groups is 1. The minimum atomic E-state index is -0.870. The number of carboxylic acids is 1. The molecule has 7 heteroatoms. The predicted octanol–water partition coefficient (Wildman–Crippen LogP) is 3.08. The summed E-state index contributed by atoms with van der Waals surface area (Å²) in [4.78, 5) is 10.7. The maximum Gasteiger partial charge on any atom is 0.313 e. The van der Waals surface area contributed by atoms with Crippen LogP contribution in [0.1, 0.15) is 18.3 Å².